The second kappa shape index (κ2) is 7.39. The van der Waals surface area contributed by atoms with Crippen molar-refractivity contribution in [1.29, 1.82) is 0 Å². The van der Waals surface area contributed by atoms with E-state index in [1.165, 1.54) is 11.0 Å². The Labute approximate surface area is 168 Å². The number of hydrogen-bond acceptors (Lipinski definition) is 4. The molecule has 0 saturated carbocycles. The molecule has 0 N–H and O–H groups in total. The van der Waals surface area contributed by atoms with Gasteiger partial charge >= 0.3 is 0 Å². The Morgan fingerprint density at radius 1 is 0.931 bits per heavy atom. The molecule has 29 heavy (non-hydrogen) atoms. The molecule has 2 aromatic carbocycles. The van der Waals surface area contributed by atoms with E-state index in [1.54, 1.807) is 41.6 Å². The lowest BCUT2D eigenvalue weighted by Crippen LogP contribution is -2.32. The average Bonchev–Trinajstić information content (AvgIpc) is 3.21. The normalized spacial score (nSPS) is 13.5. The van der Waals surface area contributed by atoms with Crippen molar-refractivity contribution in [3.63, 3.8) is 0 Å². The zero-order chi connectivity index (χ0) is 20.5. The lowest BCUT2D eigenvalue weighted by molar-refractivity contribution is 0.0649. The van der Waals surface area contributed by atoms with Gasteiger partial charge in [0.15, 0.2) is 5.78 Å². The van der Waals surface area contributed by atoms with Crippen LogP contribution in [-0.4, -0.2) is 52.6 Å². The van der Waals surface area contributed by atoms with Crippen LogP contribution in [0.4, 0.5) is 0 Å². The number of carbonyl (C=O) groups excluding carboxylic acids is 3. The number of hydrogen-bond donors (Lipinski definition) is 0. The highest BCUT2D eigenvalue weighted by atomic mass is 16.2. The molecule has 0 fully saturated rings. The number of benzene rings is 2. The van der Waals surface area contributed by atoms with Gasteiger partial charge in [0.1, 0.15) is 0 Å². The molecule has 4 rings (SSSR count). The van der Waals surface area contributed by atoms with Gasteiger partial charge < -0.3 is 9.47 Å². The minimum absolute atomic E-state index is 0.0885. The molecule has 0 aliphatic carbocycles. The van der Waals surface area contributed by atoms with Gasteiger partial charge in [-0.1, -0.05) is 30.3 Å². The van der Waals surface area contributed by atoms with Crippen LogP contribution in [0.1, 0.15) is 31.1 Å². The molecule has 0 unspecified atom stereocenters. The van der Waals surface area contributed by atoms with E-state index in [2.05, 4.69) is 0 Å². The minimum atomic E-state index is -0.271. The van der Waals surface area contributed by atoms with E-state index in [0.717, 1.165) is 10.9 Å². The Morgan fingerprint density at radius 2 is 1.55 bits per heavy atom. The summed E-state index contributed by atoms with van der Waals surface area (Å²) in [7, 11) is 3.71. The van der Waals surface area contributed by atoms with Gasteiger partial charge in [0.2, 0.25) is 0 Å². The van der Waals surface area contributed by atoms with Gasteiger partial charge in [0.25, 0.3) is 11.8 Å². The van der Waals surface area contributed by atoms with Crippen LogP contribution in [0.5, 0.6) is 0 Å². The summed E-state index contributed by atoms with van der Waals surface area (Å²) in [5, 5.41) is 0.850. The van der Waals surface area contributed by atoms with Crippen molar-refractivity contribution in [2.75, 3.05) is 20.6 Å². The fourth-order valence-electron chi connectivity index (χ4n) is 3.58. The van der Waals surface area contributed by atoms with Gasteiger partial charge in [-0.15, -0.1) is 0 Å². The summed E-state index contributed by atoms with van der Waals surface area (Å²) in [4.78, 5) is 40.9. The standard InChI is InChI=1S/C23H21N3O3/c1-24(2)12-11-21(27)19-15-25(20-10-6-5-7-16(19)20)13-14-26-22(28)17-8-3-4-9-18(17)23(26)29/h3-12,15H,13-14H2,1-2H3. The first kappa shape index (κ1) is 18.7. The average molecular weight is 387 g/mol. The van der Waals surface area contributed by atoms with Crippen LogP contribution in [-0.2, 0) is 6.54 Å². The van der Waals surface area contributed by atoms with Crippen LogP contribution >= 0.6 is 0 Å². The number of carbonyl (C=O) groups is 3. The molecule has 1 aliphatic rings. The molecule has 2 amide bonds. The molecule has 6 heteroatoms. The smallest absolute Gasteiger partial charge is 0.261 e. The molecular weight excluding hydrogens is 366 g/mol. The highest BCUT2D eigenvalue weighted by molar-refractivity contribution is 6.21. The first-order chi connectivity index (χ1) is 14.0. The number of para-hydroxylation sites is 1. The lowest BCUT2D eigenvalue weighted by Gasteiger charge is -2.14. The van der Waals surface area contributed by atoms with Crippen molar-refractivity contribution >= 4 is 28.5 Å². The summed E-state index contributed by atoms with van der Waals surface area (Å²) in [5.41, 5.74) is 2.38. The molecule has 1 aromatic heterocycles. The monoisotopic (exact) mass is 387 g/mol. The van der Waals surface area contributed by atoms with Crippen molar-refractivity contribution < 1.29 is 14.4 Å². The van der Waals surface area contributed by atoms with Crippen LogP contribution in [0.25, 0.3) is 10.9 Å². The lowest BCUT2D eigenvalue weighted by atomic mass is 10.1. The third-order valence-corrected chi connectivity index (χ3v) is 5.02. The van der Waals surface area contributed by atoms with Crippen LogP contribution < -0.4 is 0 Å². The third-order valence-electron chi connectivity index (χ3n) is 5.02. The highest BCUT2D eigenvalue weighted by Gasteiger charge is 2.34. The maximum atomic E-state index is 12.6. The van der Waals surface area contributed by atoms with Gasteiger partial charge in [-0.2, -0.15) is 0 Å². The summed E-state index contributed by atoms with van der Waals surface area (Å²) in [6.07, 6.45) is 5.05. The summed E-state index contributed by atoms with van der Waals surface area (Å²) in [6, 6.07) is 14.5. The molecule has 6 nitrogen and oxygen atoms in total. The molecule has 0 saturated heterocycles. The third kappa shape index (κ3) is 3.33. The molecular formula is C23H21N3O3. The Bertz CT molecular complexity index is 1120. The molecule has 0 spiro atoms. The van der Waals surface area contributed by atoms with Crippen molar-refractivity contribution in [2.24, 2.45) is 0 Å². The molecule has 1 aliphatic heterocycles. The summed E-state index contributed by atoms with van der Waals surface area (Å²) in [6.45, 7) is 0.656. The first-order valence-electron chi connectivity index (χ1n) is 9.39. The van der Waals surface area contributed by atoms with Crippen LogP contribution in [0.15, 0.2) is 67.0 Å². The number of fused-ring (bicyclic) bond motifs is 2. The summed E-state index contributed by atoms with van der Waals surface area (Å²) < 4.78 is 1.93. The molecule has 2 heterocycles. The number of rotatable bonds is 6. The maximum absolute atomic E-state index is 12.6. The van der Waals surface area contributed by atoms with Gasteiger partial charge in [-0.25, -0.2) is 0 Å². The van der Waals surface area contributed by atoms with Gasteiger partial charge in [0.05, 0.1) is 11.1 Å². The largest absolute Gasteiger partial charge is 0.383 e. The molecule has 0 bridgehead atoms. The van der Waals surface area contributed by atoms with Gasteiger partial charge in [0, 0.05) is 62.1 Å². The SMILES string of the molecule is CN(C)C=CC(=O)c1cn(CCN2C(=O)c3ccccc3C2=O)c2ccccc12. The van der Waals surface area contributed by atoms with E-state index in [0.29, 0.717) is 23.2 Å². The Morgan fingerprint density at radius 3 is 2.21 bits per heavy atom. The maximum Gasteiger partial charge on any atom is 0.261 e. The predicted molar refractivity (Wildman–Crippen MR) is 111 cm³/mol. The van der Waals surface area contributed by atoms with Crippen LogP contribution in [0.2, 0.25) is 0 Å². The fourth-order valence-corrected chi connectivity index (χ4v) is 3.58. The topological polar surface area (TPSA) is 62.6 Å². The number of imide groups is 1. The van der Waals surface area contributed by atoms with E-state index >= 15 is 0 Å². The van der Waals surface area contributed by atoms with Gasteiger partial charge in [-0.05, 0) is 18.2 Å². The van der Waals surface area contributed by atoms with E-state index in [4.69, 9.17) is 0 Å². The van der Waals surface area contributed by atoms with E-state index in [1.807, 2.05) is 42.9 Å². The first-order valence-corrected chi connectivity index (χ1v) is 9.39. The van der Waals surface area contributed by atoms with Gasteiger partial charge in [-0.3, -0.25) is 19.3 Å². The van der Waals surface area contributed by atoms with E-state index < -0.39 is 0 Å². The second-order valence-corrected chi connectivity index (χ2v) is 7.20. The number of aromatic nitrogens is 1. The number of amides is 2. The Kier molecular flexibility index (Phi) is 4.76. The fraction of sp³-hybridized carbons (Fsp3) is 0.174. The Balaban J connectivity index is 1.60. The zero-order valence-corrected chi connectivity index (χ0v) is 16.3. The molecule has 3 aromatic rings. The van der Waals surface area contributed by atoms with E-state index in [9.17, 15) is 14.4 Å². The number of nitrogens with zero attached hydrogens (tertiary/aromatic N) is 3. The minimum Gasteiger partial charge on any atom is -0.383 e. The molecule has 146 valence electrons. The van der Waals surface area contributed by atoms with Crippen molar-refractivity contribution in [3.05, 3.63) is 83.7 Å². The highest BCUT2D eigenvalue weighted by Crippen LogP contribution is 2.25. The zero-order valence-electron chi connectivity index (χ0n) is 16.3. The number of allylic oxidation sites excluding steroid dienone is 1. The number of ketones is 1. The van der Waals surface area contributed by atoms with E-state index in [-0.39, 0.29) is 24.1 Å². The molecule has 0 radical (unpaired) electrons. The quantitative estimate of drug-likeness (QED) is 0.370. The van der Waals surface area contributed by atoms with Crippen molar-refractivity contribution in [3.8, 4) is 0 Å². The van der Waals surface area contributed by atoms with Crippen LogP contribution in [0.3, 0.4) is 0 Å². The summed E-state index contributed by atoms with van der Waals surface area (Å²) in [5.74, 6) is -0.631. The second-order valence-electron chi connectivity index (χ2n) is 7.20. The summed E-state index contributed by atoms with van der Waals surface area (Å²) >= 11 is 0. The van der Waals surface area contributed by atoms with Crippen molar-refractivity contribution in [2.45, 2.75) is 6.54 Å². The van der Waals surface area contributed by atoms with Crippen LogP contribution in [0, 0.1) is 0 Å². The Hall–Kier alpha value is -3.67. The van der Waals surface area contributed by atoms with Crippen molar-refractivity contribution in [1.82, 2.24) is 14.4 Å². The molecule has 0 atom stereocenters. The predicted octanol–water partition coefficient (Wildman–Crippen LogP) is 3.20.